The SMILES string of the molecule is CCCOCCOc1ccc(Oc2ccc3c(c2)C=C(C(=O)O)CCS3(=O)=O)cc1. The van der Waals surface area contributed by atoms with E-state index < -0.39 is 15.8 Å². The summed E-state index contributed by atoms with van der Waals surface area (Å²) in [5.74, 6) is 0.282. The number of hydrogen-bond donors (Lipinski definition) is 1. The molecule has 1 aliphatic heterocycles. The Morgan fingerprint density at radius 2 is 1.70 bits per heavy atom. The lowest BCUT2D eigenvalue weighted by molar-refractivity contribution is -0.132. The van der Waals surface area contributed by atoms with Gasteiger partial charge in [0.1, 0.15) is 23.9 Å². The van der Waals surface area contributed by atoms with E-state index in [-0.39, 0.29) is 22.6 Å². The molecule has 0 radical (unpaired) electrons. The number of carboxylic acids is 1. The molecule has 0 saturated carbocycles. The first-order valence-electron chi connectivity index (χ1n) is 9.68. The van der Waals surface area contributed by atoms with Crippen LogP contribution in [0, 0.1) is 0 Å². The summed E-state index contributed by atoms with van der Waals surface area (Å²) in [5.41, 5.74) is 0.369. The first-order chi connectivity index (χ1) is 14.4. The third-order valence-electron chi connectivity index (χ3n) is 4.47. The zero-order chi connectivity index (χ0) is 21.6. The molecule has 0 spiro atoms. The van der Waals surface area contributed by atoms with E-state index in [1.165, 1.54) is 18.2 Å². The van der Waals surface area contributed by atoms with E-state index in [4.69, 9.17) is 14.2 Å². The maximum Gasteiger partial charge on any atom is 0.331 e. The van der Waals surface area contributed by atoms with Crippen molar-refractivity contribution in [3.63, 3.8) is 0 Å². The van der Waals surface area contributed by atoms with Gasteiger partial charge in [0.15, 0.2) is 9.84 Å². The molecular weight excluding hydrogens is 408 g/mol. The Bertz CT molecular complexity index is 1020. The van der Waals surface area contributed by atoms with Crippen LogP contribution >= 0.6 is 0 Å². The second-order valence-electron chi connectivity index (χ2n) is 6.78. The summed E-state index contributed by atoms with van der Waals surface area (Å²) in [5, 5.41) is 9.28. The van der Waals surface area contributed by atoms with E-state index in [0.717, 1.165) is 6.42 Å². The lowest BCUT2D eigenvalue weighted by Gasteiger charge is -2.11. The Morgan fingerprint density at radius 3 is 2.40 bits per heavy atom. The zero-order valence-corrected chi connectivity index (χ0v) is 17.5. The maximum absolute atomic E-state index is 12.4. The third kappa shape index (κ3) is 5.61. The van der Waals surface area contributed by atoms with E-state index in [0.29, 0.717) is 42.6 Å². The van der Waals surface area contributed by atoms with Gasteiger partial charge in [-0.05, 0) is 66.9 Å². The fourth-order valence-corrected chi connectivity index (χ4v) is 4.43. The molecule has 0 fully saturated rings. The van der Waals surface area contributed by atoms with Gasteiger partial charge in [-0.15, -0.1) is 0 Å². The van der Waals surface area contributed by atoms with E-state index in [2.05, 4.69) is 0 Å². The van der Waals surface area contributed by atoms with Crippen molar-refractivity contribution in [1.29, 1.82) is 0 Å². The van der Waals surface area contributed by atoms with Crippen LogP contribution in [0.1, 0.15) is 25.3 Å². The molecule has 30 heavy (non-hydrogen) atoms. The summed E-state index contributed by atoms with van der Waals surface area (Å²) >= 11 is 0. The lowest BCUT2D eigenvalue weighted by Crippen LogP contribution is -2.08. The van der Waals surface area contributed by atoms with Gasteiger partial charge in [-0.2, -0.15) is 0 Å². The van der Waals surface area contributed by atoms with Crippen LogP contribution in [0.25, 0.3) is 6.08 Å². The molecule has 1 heterocycles. The van der Waals surface area contributed by atoms with Gasteiger partial charge >= 0.3 is 5.97 Å². The Balaban J connectivity index is 1.72. The van der Waals surface area contributed by atoms with Crippen molar-refractivity contribution in [3.8, 4) is 17.2 Å². The van der Waals surface area contributed by atoms with Gasteiger partial charge in [-0.25, -0.2) is 13.2 Å². The van der Waals surface area contributed by atoms with Crippen LogP contribution in [0.4, 0.5) is 0 Å². The molecule has 0 saturated heterocycles. The normalized spacial score (nSPS) is 14.9. The Kier molecular flexibility index (Phi) is 7.12. The predicted octanol–water partition coefficient (Wildman–Crippen LogP) is 3.93. The number of hydrogen-bond acceptors (Lipinski definition) is 6. The summed E-state index contributed by atoms with van der Waals surface area (Å²) in [6, 6.07) is 11.6. The molecule has 0 aromatic heterocycles. The molecule has 0 bridgehead atoms. The van der Waals surface area contributed by atoms with Crippen LogP contribution < -0.4 is 9.47 Å². The molecule has 8 heteroatoms. The second-order valence-corrected chi connectivity index (χ2v) is 8.86. The van der Waals surface area contributed by atoms with E-state index in [9.17, 15) is 18.3 Å². The molecule has 1 aliphatic rings. The van der Waals surface area contributed by atoms with Gasteiger partial charge in [0.25, 0.3) is 0 Å². The molecule has 0 amide bonds. The number of rotatable bonds is 9. The van der Waals surface area contributed by atoms with Gasteiger partial charge in [-0.1, -0.05) is 6.92 Å². The largest absolute Gasteiger partial charge is 0.491 e. The fraction of sp³-hybridized carbons (Fsp3) is 0.318. The van der Waals surface area contributed by atoms with Gasteiger partial charge in [-0.3, -0.25) is 0 Å². The second kappa shape index (κ2) is 9.77. The van der Waals surface area contributed by atoms with Crippen molar-refractivity contribution in [2.75, 3.05) is 25.6 Å². The molecular formula is C22H24O7S. The number of aliphatic carboxylic acids is 1. The van der Waals surface area contributed by atoms with Crippen LogP contribution in [0.15, 0.2) is 52.9 Å². The molecule has 2 aromatic rings. The quantitative estimate of drug-likeness (QED) is 0.599. The molecule has 0 unspecified atom stereocenters. The van der Waals surface area contributed by atoms with Crippen molar-refractivity contribution in [2.24, 2.45) is 0 Å². The number of carboxylic acid groups (broad SMARTS) is 1. The van der Waals surface area contributed by atoms with Crippen molar-refractivity contribution in [3.05, 3.63) is 53.6 Å². The summed E-state index contributed by atoms with van der Waals surface area (Å²) in [6.07, 6.45) is 2.33. The highest BCUT2D eigenvalue weighted by Gasteiger charge is 2.24. The molecule has 0 aliphatic carbocycles. The molecule has 0 atom stereocenters. The van der Waals surface area contributed by atoms with Crippen LogP contribution in [0.5, 0.6) is 17.2 Å². The van der Waals surface area contributed by atoms with Crippen molar-refractivity contribution < 1.29 is 32.5 Å². The van der Waals surface area contributed by atoms with Crippen LogP contribution in [0.3, 0.4) is 0 Å². The third-order valence-corrected chi connectivity index (χ3v) is 6.25. The van der Waals surface area contributed by atoms with E-state index in [1.54, 1.807) is 30.3 Å². The zero-order valence-electron chi connectivity index (χ0n) is 16.7. The minimum absolute atomic E-state index is 0.0342. The van der Waals surface area contributed by atoms with Gasteiger partial charge in [0.2, 0.25) is 0 Å². The van der Waals surface area contributed by atoms with Crippen LogP contribution in [-0.2, 0) is 19.4 Å². The Hall–Kier alpha value is -2.84. The summed E-state index contributed by atoms with van der Waals surface area (Å²) in [6.45, 7) is 3.74. The first-order valence-corrected chi connectivity index (χ1v) is 11.3. The maximum atomic E-state index is 12.4. The van der Waals surface area contributed by atoms with Crippen LogP contribution in [-0.4, -0.2) is 45.1 Å². The number of fused-ring (bicyclic) bond motifs is 1. The minimum atomic E-state index is -3.55. The molecule has 160 valence electrons. The summed E-state index contributed by atoms with van der Waals surface area (Å²) in [7, 11) is -3.55. The topological polar surface area (TPSA) is 99.1 Å². The smallest absolute Gasteiger partial charge is 0.331 e. The van der Waals surface area contributed by atoms with Crippen molar-refractivity contribution in [1.82, 2.24) is 0 Å². The predicted molar refractivity (Wildman–Crippen MR) is 112 cm³/mol. The van der Waals surface area contributed by atoms with Gasteiger partial charge in [0, 0.05) is 12.2 Å². The fourth-order valence-electron chi connectivity index (χ4n) is 2.97. The summed E-state index contributed by atoms with van der Waals surface area (Å²) < 4.78 is 41.6. The average Bonchev–Trinajstić information content (AvgIpc) is 2.85. The van der Waals surface area contributed by atoms with Crippen molar-refractivity contribution >= 4 is 21.9 Å². The standard InChI is InChI=1S/C22H24O7S/c1-2-10-27-11-12-28-18-3-5-19(6-4-18)29-20-7-8-21-17(15-20)14-16(22(23)24)9-13-30(21,25)26/h3-8,14-15H,2,9-13H2,1H3,(H,23,24). The minimum Gasteiger partial charge on any atom is -0.491 e. The van der Waals surface area contributed by atoms with Crippen LogP contribution in [0.2, 0.25) is 0 Å². The van der Waals surface area contributed by atoms with Gasteiger partial charge in [0.05, 0.1) is 17.3 Å². The molecule has 2 aromatic carbocycles. The van der Waals surface area contributed by atoms with Crippen molar-refractivity contribution in [2.45, 2.75) is 24.7 Å². The first kappa shape index (κ1) is 21.9. The van der Waals surface area contributed by atoms with Gasteiger partial charge < -0.3 is 19.3 Å². The average molecular weight is 432 g/mol. The number of ether oxygens (including phenoxy) is 3. The Morgan fingerprint density at radius 1 is 1.00 bits per heavy atom. The highest BCUT2D eigenvalue weighted by molar-refractivity contribution is 7.91. The lowest BCUT2D eigenvalue weighted by atomic mass is 10.1. The molecule has 7 nitrogen and oxygen atoms in total. The van der Waals surface area contributed by atoms with E-state index >= 15 is 0 Å². The molecule has 3 rings (SSSR count). The monoisotopic (exact) mass is 432 g/mol. The highest BCUT2D eigenvalue weighted by Crippen LogP contribution is 2.31. The number of benzene rings is 2. The highest BCUT2D eigenvalue weighted by atomic mass is 32.2. The number of carbonyl (C=O) groups is 1. The Labute approximate surface area is 175 Å². The van der Waals surface area contributed by atoms with E-state index in [1.807, 2.05) is 6.92 Å². The molecule has 1 N–H and O–H groups in total. The number of sulfone groups is 1. The summed E-state index contributed by atoms with van der Waals surface area (Å²) in [4.78, 5) is 11.5.